The molecule has 1 N–H and O–H groups in total. The van der Waals surface area contributed by atoms with Crippen LogP contribution >= 0.6 is 15.9 Å². The predicted octanol–water partition coefficient (Wildman–Crippen LogP) is 5.30. The van der Waals surface area contributed by atoms with Gasteiger partial charge in [-0.25, -0.2) is 0 Å². The van der Waals surface area contributed by atoms with E-state index >= 15 is 0 Å². The summed E-state index contributed by atoms with van der Waals surface area (Å²) in [6.07, 6.45) is -4.36. The Morgan fingerprint density at radius 1 is 1.10 bits per heavy atom. The second-order valence-electron chi connectivity index (χ2n) is 4.40. The highest BCUT2D eigenvalue weighted by Gasteiger charge is 2.30. The quantitative estimate of drug-likeness (QED) is 0.585. The van der Waals surface area contributed by atoms with Crippen LogP contribution in [0.25, 0.3) is 0 Å². The molecule has 0 atom stereocenters. The Morgan fingerprint density at radius 2 is 1.81 bits per heavy atom. The van der Waals surface area contributed by atoms with Gasteiger partial charge in [0.1, 0.15) is 0 Å². The van der Waals surface area contributed by atoms with Gasteiger partial charge in [0.05, 0.1) is 17.0 Å². The average Bonchev–Trinajstić information content (AvgIpc) is 2.44. The number of anilines is 1. The minimum Gasteiger partial charge on any atom is -0.278 e. The minimum atomic E-state index is -4.36. The summed E-state index contributed by atoms with van der Waals surface area (Å²) < 4.78 is 38.7. The highest BCUT2D eigenvalue weighted by atomic mass is 79.9. The molecule has 6 heteroatoms. The molecule has 0 saturated heterocycles. The van der Waals surface area contributed by atoms with Crippen LogP contribution in [-0.4, -0.2) is 5.71 Å². The zero-order valence-electron chi connectivity index (χ0n) is 11.1. The standard InChI is InChI=1S/C15H12BrF3N2/c1-10(11-4-2-6-13(16)8-11)20-21-14-7-3-5-12(9-14)15(17,18)19/h2-9,21H,1H3/b20-10+. The first-order valence-electron chi connectivity index (χ1n) is 6.10. The van der Waals surface area contributed by atoms with E-state index < -0.39 is 11.7 Å². The third kappa shape index (κ3) is 4.32. The van der Waals surface area contributed by atoms with Gasteiger partial charge in [-0.05, 0) is 42.8 Å². The summed E-state index contributed by atoms with van der Waals surface area (Å²) in [6, 6.07) is 12.4. The zero-order chi connectivity index (χ0) is 15.5. The maximum Gasteiger partial charge on any atom is 0.416 e. The van der Waals surface area contributed by atoms with Crippen molar-refractivity contribution in [3.05, 3.63) is 64.1 Å². The molecule has 0 radical (unpaired) electrons. The van der Waals surface area contributed by atoms with E-state index in [2.05, 4.69) is 26.5 Å². The molecular weight excluding hydrogens is 345 g/mol. The van der Waals surface area contributed by atoms with Gasteiger partial charge in [-0.15, -0.1) is 0 Å². The molecule has 0 aliphatic carbocycles. The number of benzene rings is 2. The molecule has 0 saturated carbocycles. The molecule has 2 nitrogen and oxygen atoms in total. The molecule has 0 fully saturated rings. The molecule has 0 amide bonds. The maximum atomic E-state index is 12.6. The van der Waals surface area contributed by atoms with Crippen LogP contribution in [0.5, 0.6) is 0 Å². The van der Waals surface area contributed by atoms with Crippen LogP contribution in [0.15, 0.2) is 58.1 Å². The first-order valence-corrected chi connectivity index (χ1v) is 6.89. The van der Waals surface area contributed by atoms with Crippen molar-refractivity contribution < 1.29 is 13.2 Å². The van der Waals surface area contributed by atoms with Gasteiger partial charge in [-0.1, -0.05) is 34.1 Å². The summed E-state index contributed by atoms with van der Waals surface area (Å²) in [4.78, 5) is 0. The van der Waals surface area contributed by atoms with Crippen molar-refractivity contribution >= 4 is 27.3 Å². The molecule has 0 unspecified atom stereocenters. The third-order valence-electron chi connectivity index (χ3n) is 2.78. The zero-order valence-corrected chi connectivity index (χ0v) is 12.7. The van der Waals surface area contributed by atoms with Crippen molar-refractivity contribution in [3.63, 3.8) is 0 Å². The fourth-order valence-corrected chi connectivity index (χ4v) is 2.09. The summed E-state index contributed by atoms with van der Waals surface area (Å²) in [7, 11) is 0. The van der Waals surface area contributed by atoms with Crippen molar-refractivity contribution in [2.24, 2.45) is 5.10 Å². The number of halogens is 4. The first kappa shape index (κ1) is 15.6. The molecule has 2 aromatic carbocycles. The predicted molar refractivity (Wildman–Crippen MR) is 81.4 cm³/mol. The van der Waals surface area contributed by atoms with E-state index in [9.17, 15) is 13.2 Å². The number of hydrazone groups is 1. The Labute approximate surface area is 128 Å². The molecule has 0 bridgehead atoms. The molecular formula is C15H12BrF3N2. The lowest BCUT2D eigenvalue weighted by atomic mass is 10.1. The molecule has 0 aromatic heterocycles. The van der Waals surface area contributed by atoms with Crippen molar-refractivity contribution in [1.29, 1.82) is 0 Å². The minimum absolute atomic E-state index is 0.291. The van der Waals surface area contributed by atoms with E-state index in [1.54, 1.807) is 6.92 Å². The second-order valence-corrected chi connectivity index (χ2v) is 5.31. The van der Waals surface area contributed by atoms with Crippen LogP contribution in [0.1, 0.15) is 18.1 Å². The largest absolute Gasteiger partial charge is 0.416 e. The van der Waals surface area contributed by atoms with Crippen molar-refractivity contribution in [2.45, 2.75) is 13.1 Å². The Morgan fingerprint density at radius 3 is 2.48 bits per heavy atom. The van der Waals surface area contributed by atoms with Crippen LogP contribution in [0, 0.1) is 0 Å². The lowest BCUT2D eigenvalue weighted by Crippen LogP contribution is -2.05. The number of alkyl halides is 3. The van der Waals surface area contributed by atoms with E-state index in [-0.39, 0.29) is 0 Å². The number of nitrogens with one attached hydrogen (secondary N) is 1. The monoisotopic (exact) mass is 356 g/mol. The third-order valence-corrected chi connectivity index (χ3v) is 3.28. The fraction of sp³-hybridized carbons (Fsp3) is 0.133. The van der Waals surface area contributed by atoms with E-state index in [1.807, 2.05) is 24.3 Å². The molecule has 0 heterocycles. The molecule has 110 valence electrons. The van der Waals surface area contributed by atoms with E-state index in [1.165, 1.54) is 12.1 Å². The summed E-state index contributed by atoms with van der Waals surface area (Å²) >= 11 is 3.36. The summed E-state index contributed by atoms with van der Waals surface area (Å²) in [6.45, 7) is 1.78. The SMILES string of the molecule is C/C(=N\Nc1cccc(C(F)(F)F)c1)c1cccc(Br)c1. The fourth-order valence-electron chi connectivity index (χ4n) is 1.69. The number of hydrogen-bond donors (Lipinski definition) is 1. The van der Waals surface area contributed by atoms with Crippen molar-refractivity contribution in [3.8, 4) is 0 Å². The normalized spacial score (nSPS) is 12.3. The van der Waals surface area contributed by atoms with E-state index in [0.29, 0.717) is 11.4 Å². The van der Waals surface area contributed by atoms with Gasteiger partial charge in [0.15, 0.2) is 0 Å². The highest BCUT2D eigenvalue weighted by Crippen LogP contribution is 2.30. The van der Waals surface area contributed by atoms with Gasteiger partial charge in [0.2, 0.25) is 0 Å². The van der Waals surface area contributed by atoms with E-state index in [0.717, 1.165) is 22.2 Å². The molecule has 21 heavy (non-hydrogen) atoms. The Kier molecular flexibility index (Phi) is 4.67. The van der Waals surface area contributed by atoms with Gasteiger partial charge in [0.25, 0.3) is 0 Å². The number of hydrogen-bond acceptors (Lipinski definition) is 2. The Hall–Kier alpha value is -1.82. The van der Waals surface area contributed by atoms with E-state index in [4.69, 9.17) is 0 Å². The van der Waals surface area contributed by atoms with Gasteiger partial charge in [-0.2, -0.15) is 18.3 Å². The van der Waals surface area contributed by atoms with Crippen LogP contribution in [-0.2, 0) is 6.18 Å². The van der Waals surface area contributed by atoms with Crippen LogP contribution in [0.3, 0.4) is 0 Å². The van der Waals surface area contributed by atoms with Crippen LogP contribution in [0.2, 0.25) is 0 Å². The number of nitrogens with zero attached hydrogens (tertiary/aromatic N) is 1. The molecule has 0 aliphatic heterocycles. The van der Waals surface area contributed by atoms with Crippen molar-refractivity contribution in [2.75, 3.05) is 5.43 Å². The van der Waals surface area contributed by atoms with Crippen LogP contribution < -0.4 is 5.43 Å². The lowest BCUT2D eigenvalue weighted by molar-refractivity contribution is -0.137. The second kappa shape index (κ2) is 6.30. The van der Waals surface area contributed by atoms with Gasteiger partial charge < -0.3 is 0 Å². The smallest absolute Gasteiger partial charge is 0.278 e. The van der Waals surface area contributed by atoms with Gasteiger partial charge in [0, 0.05) is 4.47 Å². The lowest BCUT2D eigenvalue weighted by Gasteiger charge is -2.09. The number of rotatable bonds is 3. The van der Waals surface area contributed by atoms with Crippen molar-refractivity contribution in [1.82, 2.24) is 0 Å². The van der Waals surface area contributed by atoms with Gasteiger partial charge >= 0.3 is 6.18 Å². The van der Waals surface area contributed by atoms with Gasteiger partial charge in [-0.3, -0.25) is 5.43 Å². The molecule has 2 aromatic rings. The molecule has 0 aliphatic rings. The van der Waals surface area contributed by atoms with Crippen LogP contribution in [0.4, 0.5) is 18.9 Å². The first-order chi connectivity index (χ1) is 9.86. The topological polar surface area (TPSA) is 24.4 Å². The Balaban J connectivity index is 2.17. The summed E-state index contributed by atoms with van der Waals surface area (Å²) in [5.41, 5.74) is 3.79. The summed E-state index contributed by atoms with van der Waals surface area (Å²) in [5, 5.41) is 4.11. The molecule has 0 spiro atoms. The molecule has 2 rings (SSSR count). The maximum absolute atomic E-state index is 12.6. The Bertz CT molecular complexity index is 666. The average molecular weight is 357 g/mol. The summed E-state index contributed by atoms with van der Waals surface area (Å²) in [5.74, 6) is 0. The highest BCUT2D eigenvalue weighted by molar-refractivity contribution is 9.10.